The van der Waals surface area contributed by atoms with Gasteiger partial charge in [0.05, 0.1) is 18.3 Å². The fraction of sp³-hybridized carbons (Fsp3) is 0.429. The fourth-order valence-electron chi connectivity index (χ4n) is 2.24. The first-order valence-corrected chi connectivity index (χ1v) is 7.85. The lowest BCUT2D eigenvalue weighted by Crippen LogP contribution is -2.45. The van der Waals surface area contributed by atoms with Crippen LogP contribution in [0.25, 0.3) is 5.57 Å². The highest BCUT2D eigenvalue weighted by molar-refractivity contribution is 7.73. The van der Waals surface area contributed by atoms with Gasteiger partial charge in [0, 0.05) is 19.0 Å². The van der Waals surface area contributed by atoms with E-state index in [-0.39, 0.29) is 18.7 Å². The van der Waals surface area contributed by atoms with Crippen molar-refractivity contribution in [1.29, 1.82) is 0 Å². The molecule has 7 heteroatoms. The Bertz CT molecular complexity index is 591. The molecule has 1 amide bonds. The summed E-state index contributed by atoms with van der Waals surface area (Å²) < 4.78 is 11.1. The first-order valence-electron chi connectivity index (χ1n) is 6.56. The van der Waals surface area contributed by atoms with Crippen molar-refractivity contribution >= 4 is 35.2 Å². The molecule has 2 rings (SSSR count). The lowest BCUT2D eigenvalue weighted by atomic mass is 9.99. The third-order valence-corrected chi connectivity index (χ3v) is 4.28. The van der Waals surface area contributed by atoms with Crippen molar-refractivity contribution in [3.05, 3.63) is 33.8 Å². The van der Waals surface area contributed by atoms with Crippen LogP contribution >= 0.6 is 23.6 Å². The number of carbonyl (C=O) groups is 1. The Morgan fingerprint density at radius 3 is 3.14 bits per heavy atom. The third-order valence-electron chi connectivity index (χ3n) is 3.22. The van der Waals surface area contributed by atoms with Crippen molar-refractivity contribution in [3.63, 3.8) is 0 Å². The molecule has 0 radical (unpaired) electrons. The normalized spacial score (nSPS) is 18.2. The molecule has 1 aliphatic heterocycles. The molecule has 1 atom stereocenters. The maximum absolute atomic E-state index is 12.0. The van der Waals surface area contributed by atoms with Crippen LogP contribution in [0.5, 0.6) is 0 Å². The number of ether oxygens (including phenoxy) is 2. The van der Waals surface area contributed by atoms with E-state index in [0.29, 0.717) is 19.6 Å². The number of hydrogen-bond donors (Lipinski definition) is 1. The van der Waals surface area contributed by atoms with Gasteiger partial charge in [-0.05, 0) is 24.2 Å². The molecule has 1 N–H and O–H groups in total. The minimum absolute atomic E-state index is 0.0470. The Balaban J connectivity index is 2.13. The maximum Gasteiger partial charge on any atom is 0.410 e. The highest BCUT2D eigenvalue weighted by atomic mass is 32.1. The predicted molar refractivity (Wildman–Crippen MR) is 86.0 cm³/mol. The number of aromatic amines is 1. The Morgan fingerprint density at radius 1 is 1.71 bits per heavy atom. The van der Waals surface area contributed by atoms with Gasteiger partial charge in [-0.3, -0.25) is 4.90 Å². The molecule has 0 aliphatic carbocycles. The van der Waals surface area contributed by atoms with Crippen LogP contribution in [0, 0.1) is 3.95 Å². The van der Waals surface area contributed by atoms with Crippen LogP contribution in [0.15, 0.2) is 24.1 Å². The summed E-state index contributed by atoms with van der Waals surface area (Å²) in [5, 5.41) is 2.00. The minimum atomic E-state index is -0.342. The lowest BCUT2D eigenvalue weighted by Gasteiger charge is -2.33. The maximum atomic E-state index is 12.0. The number of rotatable bonds is 5. The number of nitrogens with one attached hydrogen (secondary N) is 1. The van der Waals surface area contributed by atoms with Crippen LogP contribution in [0.1, 0.15) is 12.1 Å². The molecule has 1 aromatic rings. The summed E-state index contributed by atoms with van der Waals surface area (Å²) in [6.45, 7) is 4.71. The van der Waals surface area contributed by atoms with Crippen LogP contribution < -0.4 is 0 Å². The number of H-pyrrole nitrogens is 1. The summed E-state index contributed by atoms with van der Waals surface area (Å²) in [6.07, 6.45) is 3.94. The first kappa shape index (κ1) is 15.9. The molecule has 1 aliphatic rings. The second-order valence-corrected chi connectivity index (χ2v) is 6.17. The summed E-state index contributed by atoms with van der Waals surface area (Å²) in [7, 11) is 1.63. The van der Waals surface area contributed by atoms with E-state index in [9.17, 15) is 4.79 Å². The van der Waals surface area contributed by atoms with E-state index in [1.807, 2.05) is 11.5 Å². The van der Waals surface area contributed by atoms with E-state index in [1.54, 1.807) is 18.1 Å². The van der Waals surface area contributed by atoms with Gasteiger partial charge in [0.1, 0.15) is 6.61 Å². The van der Waals surface area contributed by atoms with Gasteiger partial charge in [-0.15, -0.1) is 11.3 Å². The van der Waals surface area contributed by atoms with Gasteiger partial charge in [-0.25, -0.2) is 4.79 Å². The average molecular weight is 326 g/mol. The van der Waals surface area contributed by atoms with Gasteiger partial charge in [0.15, 0.2) is 3.95 Å². The second-order valence-electron chi connectivity index (χ2n) is 4.62. The Morgan fingerprint density at radius 2 is 2.52 bits per heavy atom. The van der Waals surface area contributed by atoms with Crippen molar-refractivity contribution < 1.29 is 14.3 Å². The van der Waals surface area contributed by atoms with Gasteiger partial charge >= 0.3 is 6.09 Å². The zero-order chi connectivity index (χ0) is 15.2. The molecule has 5 nitrogen and oxygen atoms in total. The van der Waals surface area contributed by atoms with Gasteiger partial charge in [0.25, 0.3) is 0 Å². The SMILES string of the molecule is C=CCOC(=O)N1CC=C(c2csc(=S)[nH]2)C[C@H]1COC. The van der Waals surface area contributed by atoms with Crippen LogP contribution in [-0.4, -0.2) is 48.9 Å². The minimum Gasteiger partial charge on any atom is -0.445 e. The Kier molecular flexibility index (Phi) is 5.72. The molecule has 0 fully saturated rings. The number of nitrogens with zero attached hydrogens (tertiary/aromatic N) is 1. The van der Waals surface area contributed by atoms with E-state index in [1.165, 1.54) is 11.3 Å². The molecule has 114 valence electrons. The van der Waals surface area contributed by atoms with Gasteiger partial charge < -0.3 is 14.5 Å². The summed E-state index contributed by atoms with van der Waals surface area (Å²) in [5.41, 5.74) is 2.17. The second kappa shape index (κ2) is 7.53. The summed E-state index contributed by atoms with van der Waals surface area (Å²) in [5.74, 6) is 0. The standard InChI is InChI=1S/C14H18N2O3S2/c1-3-6-19-14(17)16-5-4-10(7-11(16)8-18-2)12-9-21-13(20)15-12/h3-4,9,11H,1,5-8H2,2H3,(H,15,20)/t11-/m0/s1. The van der Waals surface area contributed by atoms with Gasteiger partial charge in [-0.2, -0.15) is 0 Å². The molecular weight excluding hydrogens is 308 g/mol. The molecule has 0 saturated heterocycles. The average Bonchev–Trinajstić information content (AvgIpc) is 2.91. The van der Waals surface area contributed by atoms with E-state index < -0.39 is 0 Å². The third kappa shape index (κ3) is 4.03. The van der Waals surface area contributed by atoms with Gasteiger partial charge in [-0.1, -0.05) is 18.7 Å². The number of amides is 1. The smallest absolute Gasteiger partial charge is 0.410 e. The van der Waals surface area contributed by atoms with Crippen molar-refractivity contribution in [2.45, 2.75) is 12.5 Å². The van der Waals surface area contributed by atoms with Crippen molar-refractivity contribution in [1.82, 2.24) is 9.88 Å². The number of carbonyl (C=O) groups excluding carboxylic acids is 1. The Hall–Kier alpha value is -1.44. The summed E-state index contributed by atoms with van der Waals surface area (Å²) in [4.78, 5) is 16.9. The van der Waals surface area contributed by atoms with Crippen molar-refractivity contribution in [3.8, 4) is 0 Å². The molecule has 2 heterocycles. The molecule has 0 unspecified atom stereocenters. The van der Waals surface area contributed by atoms with Crippen LogP contribution in [0.3, 0.4) is 0 Å². The Labute approximate surface area is 132 Å². The van der Waals surface area contributed by atoms with Gasteiger partial charge in [0.2, 0.25) is 0 Å². The summed E-state index contributed by atoms with van der Waals surface area (Å²) >= 11 is 6.61. The summed E-state index contributed by atoms with van der Waals surface area (Å²) in [6, 6.07) is -0.0470. The molecule has 21 heavy (non-hydrogen) atoms. The lowest BCUT2D eigenvalue weighted by molar-refractivity contribution is 0.0677. The zero-order valence-corrected chi connectivity index (χ0v) is 13.5. The highest BCUT2D eigenvalue weighted by Crippen LogP contribution is 2.27. The molecule has 0 saturated carbocycles. The molecule has 0 spiro atoms. The largest absolute Gasteiger partial charge is 0.445 e. The molecule has 0 bridgehead atoms. The molecular formula is C14H18N2O3S2. The highest BCUT2D eigenvalue weighted by Gasteiger charge is 2.29. The molecule has 1 aromatic heterocycles. The fourth-order valence-corrected chi connectivity index (χ4v) is 3.10. The number of hydrogen-bond acceptors (Lipinski definition) is 5. The van der Waals surface area contributed by atoms with E-state index in [2.05, 4.69) is 11.6 Å². The van der Waals surface area contributed by atoms with Crippen molar-refractivity contribution in [2.75, 3.05) is 26.9 Å². The molecule has 0 aromatic carbocycles. The quantitative estimate of drug-likeness (QED) is 0.667. The van der Waals surface area contributed by atoms with Crippen LogP contribution in [-0.2, 0) is 9.47 Å². The van der Waals surface area contributed by atoms with E-state index in [0.717, 1.165) is 15.2 Å². The van der Waals surface area contributed by atoms with E-state index >= 15 is 0 Å². The zero-order valence-electron chi connectivity index (χ0n) is 11.8. The number of aromatic nitrogens is 1. The predicted octanol–water partition coefficient (Wildman–Crippen LogP) is 3.23. The number of methoxy groups -OCH3 is 1. The van der Waals surface area contributed by atoms with E-state index in [4.69, 9.17) is 21.7 Å². The number of thiazole rings is 1. The van der Waals surface area contributed by atoms with Crippen LogP contribution in [0.4, 0.5) is 4.79 Å². The monoisotopic (exact) mass is 326 g/mol. The first-order chi connectivity index (χ1) is 10.2. The topological polar surface area (TPSA) is 54.6 Å². The van der Waals surface area contributed by atoms with Crippen molar-refractivity contribution in [2.24, 2.45) is 0 Å². The van der Waals surface area contributed by atoms with Crippen LogP contribution in [0.2, 0.25) is 0 Å².